The maximum Gasteiger partial charge on any atom is 0.275 e. The van der Waals surface area contributed by atoms with Crippen LogP contribution in [-0.4, -0.2) is 22.4 Å². The Morgan fingerprint density at radius 2 is 1.96 bits per heavy atom. The van der Waals surface area contributed by atoms with E-state index < -0.39 is 0 Å². The van der Waals surface area contributed by atoms with E-state index in [0.717, 1.165) is 30.0 Å². The summed E-state index contributed by atoms with van der Waals surface area (Å²) in [5.74, 6) is 0.432. The number of aromatic nitrogens is 2. The Bertz CT molecular complexity index is 972. The third kappa shape index (κ3) is 3.02. The van der Waals surface area contributed by atoms with Gasteiger partial charge < -0.3 is 10.2 Å². The number of carbonyl (C=O) groups excluding carboxylic acids is 1. The molecule has 4 rings (SSSR count). The van der Waals surface area contributed by atoms with Gasteiger partial charge in [0, 0.05) is 22.9 Å². The molecule has 0 saturated carbocycles. The second kappa shape index (κ2) is 6.77. The predicted octanol–water partition coefficient (Wildman–Crippen LogP) is 4.38. The zero-order chi connectivity index (χ0) is 18.1. The van der Waals surface area contributed by atoms with Gasteiger partial charge in [0.25, 0.3) is 5.91 Å². The van der Waals surface area contributed by atoms with Gasteiger partial charge in [-0.2, -0.15) is 0 Å². The Kier molecular flexibility index (Phi) is 4.31. The summed E-state index contributed by atoms with van der Waals surface area (Å²) >= 11 is 6.09. The molecular formula is C20H17ClN4O. The number of halogens is 1. The number of carbonyl (C=O) groups is 1. The lowest BCUT2D eigenvalue weighted by atomic mass is 10.2. The van der Waals surface area contributed by atoms with Gasteiger partial charge in [0.15, 0.2) is 5.82 Å². The number of fused-ring (bicyclic) bond motifs is 1. The minimum Gasteiger partial charge on any atom is -0.325 e. The fourth-order valence-corrected chi connectivity index (χ4v) is 3.26. The Hall–Kier alpha value is -2.92. The molecular weight excluding hydrogens is 348 g/mol. The van der Waals surface area contributed by atoms with Gasteiger partial charge in [-0.3, -0.25) is 4.79 Å². The molecule has 0 aliphatic carbocycles. The fraction of sp³-hybridized carbons (Fsp3) is 0.150. The van der Waals surface area contributed by atoms with Crippen molar-refractivity contribution in [2.24, 2.45) is 0 Å². The minimum atomic E-state index is -0.309. The third-order valence-corrected chi connectivity index (χ3v) is 4.96. The molecule has 1 aliphatic heterocycles. The van der Waals surface area contributed by atoms with Gasteiger partial charge in [0.05, 0.1) is 12.4 Å². The molecule has 0 saturated heterocycles. The van der Waals surface area contributed by atoms with Crippen LogP contribution >= 0.6 is 11.6 Å². The Morgan fingerprint density at radius 1 is 1.12 bits per heavy atom. The van der Waals surface area contributed by atoms with Crippen LogP contribution < -0.4 is 10.2 Å². The third-order valence-electron chi connectivity index (χ3n) is 4.55. The average Bonchev–Trinajstić information content (AvgIpc) is 3.10. The molecule has 1 amide bonds. The molecule has 0 fully saturated rings. The van der Waals surface area contributed by atoms with Crippen LogP contribution in [0.2, 0.25) is 5.02 Å². The summed E-state index contributed by atoms with van der Waals surface area (Å²) in [7, 11) is 0. The van der Waals surface area contributed by atoms with Crippen molar-refractivity contribution < 1.29 is 4.79 Å². The number of nitrogens with one attached hydrogen (secondary N) is 1. The van der Waals surface area contributed by atoms with E-state index in [0.29, 0.717) is 10.7 Å². The number of amides is 1. The number of anilines is 3. The summed E-state index contributed by atoms with van der Waals surface area (Å²) in [6.45, 7) is 2.72. The van der Waals surface area contributed by atoms with Crippen LogP contribution in [0.4, 0.5) is 17.2 Å². The van der Waals surface area contributed by atoms with Crippen molar-refractivity contribution >= 4 is 34.7 Å². The molecule has 0 spiro atoms. The predicted molar refractivity (Wildman–Crippen MR) is 103 cm³/mol. The first-order valence-electron chi connectivity index (χ1n) is 8.37. The van der Waals surface area contributed by atoms with Crippen LogP contribution in [0.3, 0.4) is 0 Å². The molecule has 2 aromatic carbocycles. The van der Waals surface area contributed by atoms with Gasteiger partial charge >= 0.3 is 0 Å². The standard InChI is InChI=1S/C20H17ClN4O/c1-13-15(21)6-4-7-16(13)24-20(26)17-11-23-19(12-22-17)25-10-9-14-5-2-3-8-18(14)25/h2-8,11-12H,9-10H2,1H3,(H,24,26). The zero-order valence-electron chi connectivity index (χ0n) is 14.2. The summed E-state index contributed by atoms with van der Waals surface area (Å²) in [5.41, 5.74) is 4.20. The molecule has 130 valence electrons. The van der Waals surface area contributed by atoms with E-state index in [4.69, 9.17) is 11.6 Å². The topological polar surface area (TPSA) is 58.1 Å². The molecule has 3 aromatic rings. The molecule has 0 atom stereocenters. The lowest BCUT2D eigenvalue weighted by Gasteiger charge is -2.17. The molecule has 1 aliphatic rings. The second-order valence-electron chi connectivity index (χ2n) is 6.16. The highest BCUT2D eigenvalue weighted by atomic mass is 35.5. The highest BCUT2D eigenvalue weighted by Crippen LogP contribution is 2.32. The van der Waals surface area contributed by atoms with E-state index in [9.17, 15) is 4.79 Å². The second-order valence-corrected chi connectivity index (χ2v) is 6.56. The average molecular weight is 365 g/mol. The van der Waals surface area contributed by atoms with Crippen LogP contribution in [0.5, 0.6) is 0 Å². The maximum atomic E-state index is 12.4. The van der Waals surface area contributed by atoms with Crippen LogP contribution in [-0.2, 0) is 6.42 Å². The lowest BCUT2D eigenvalue weighted by molar-refractivity contribution is 0.102. The smallest absolute Gasteiger partial charge is 0.275 e. The molecule has 0 unspecified atom stereocenters. The van der Waals surface area contributed by atoms with Crippen molar-refractivity contribution in [2.45, 2.75) is 13.3 Å². The number of hydrogen-bond donors (Lipinski definition) is 1. The monoisotopic (exact) mass is 364 g/mol. The van der Waals surface area contributed by atoms with Gasteiger partial charge in [-0.25, -0.2) is 9.97 Å². The van der Waals surface area contributed by atoms with E-state index >= 15 is 0 Å². The normalized spacial score (nSPS) is 12.8. The molecule has 6 heteroatoms. The van der Waals surface area contributed by atoms with E-state index in [2.05, 4.69) is 32.3 Å². The first kappa shape index (κ1) is 16.5. The van der Waals surface area contributed by atoms with E-state index in [1.54, 1.807) is 18.3 Å². The lowest BCUT2D eigenvalue weighted by Crippen LogP contribution is -2.18. The summed E-state index contributed by atoms with van der Waals surface area (Å²) in [4.78, 5) is 23.3. The summed E-state index contributed by atoms with van der Waals surface area (Å²) in [5, 5.41) is 3.44. The highest BCUT2D eigenvalue weighted by molar-refractivity contribution is 6.31. The fourth-order valence-electron chi connectivity index (χ4n) is 3.08. The number of benzene rings is 2. The molecule has 0 radical (unpaired) electrons. The van der Waals surface area contributed by atoms with Crippen LogP contribution in [0, 0.1) is 6.92 Å². The summed E-state index contributed by atoms with van der Waals surface area (Å²) in [6.07, 6.45) is 4.13. The Balaban J connectivity index is 1.53. The van der Waals surface area contributed by atoms with Crippen molar-refractivity contribution in [1.29, 1.82) is 0 Å². The maximum absolute atomic E-state index is 12.4. The van der Waals surface area contributed by atoms with E-state index in [1.165, 1.54) is 11.8 Å². The van der Waals surface area contributed by atoms with Crippen molar-refractivity contribution in [3.63, 3.8) is 0 Å². The van der Waals surface area contributed by atoms with Crippen LogP contribution in [0.1, 0.15) is 21.6 Å². The Morgan fingerprint density at radius 3 is 2.77 bits per heavy atom. The van der Waals surface area contributed by atoms with Gasteiger partial charge in [-0.15, -0.1) is 0 Å². The quantitative estimate of drug-likeness (QED) is 0.749. The van der Waals surface area contributed by atoms with Gasteiger partial charge in [0.1, 0.15) is 5.69 Å². The molecule has 0 bridgehead atoms. The number of hydrogen-bond acceptors (Lipinski definition) is 4. The largest absolute Gasteiger partial charge is 0.325 e. The van der Waals surface area contributed by atoms with Crippen molar-refractivity contribution in [3.8, 4) is 0 Å². The minimum absolute atomic E-state index is 0.264. The van der Waals surface area contributed by atoms with Crippen molar-refractivity contribution in [2.75, 3.05) is 16.8 Å². The number of rotatable bonds is 3. The molecule has 5 nitrogen and oxygen atoms in total. The van der Waals surface area contributed by atoms with Gasteiger partial charge in [-0.05, 0) is 42.7 Å². The summed E-state index contributed by atoms with van der Waals surface area (Å²) < 4.78 is 0. The SMILES string of the molecule is Cc1c(Cl)cccc1NC(=O)c1cnc(N2CCc3ccccc32)cn1. The number of nitrogens with zero attached hydrogens (tertiary/aromatic N) is 3. The Labute approximate surface area is 156 Å². The molecule has 1 N–H and O–H groups in total. The molecule has 26 heavy (non-hydrogen) atoms. The van der Waals surface area contributed by atoms with Crippen LogP contribution in [0.25, 0.3) is 0 Å². The highest BCUT2D eigenvalue weighted by Gasteiger charge is 2.21. The van der Waals surface area contributed by atoms with Gasteiger partial charge in [-0.1, -0.05) is 35.9 Å². The van der Waals surface area contributed by atoms with E-state index in [-0.39, 0.29) is 11.6 Å². The first-order valence-corrected chi connectivity index (χ1v) is 8.75. The molecule has 1 aromatic heterocycles. The van der Waals surface area contributed by atoms with Gasteiger partial charge in [0.2, 0.25) is 0 Å². The molecule has 2 heterocycles. The zero-order valence-corrected chi connectivity index (χ0v) is 15.0. The van der Waals surface area contributed by atoms with Crippen molar-refractivity contribution in [3.05, 3.63) is 76.7 Å². The van der Waals surface area contributed by atoms with Crippen LogP contribution in [0.15, 0.2) is 54.9 Å². The first-order chi connectivity index (χ1) is 12.6. The van der Waals surface area contributed by atoms with Crippen molar-refractivity contribution in [1.82, 2.24) is 9.97 Å². The summed E-state index contributed by atoms with van der Waals surface area (Å²) in [6, 6.07) is 13.6. The number of para-hydroxylation sites is 1. The van der Waals surface area contributed by atoms with E-state index in [1.807, 2.05) is 25.1 Å².